The second-order valence-electron chi connectivity index (χ2n) is 5.40. The summed E-state index contributed by atoms with van der Waals surface area (Å²) >= 11 is 0. The van der Waals surface area contributed by atoms with Crippen molar-refractivity contribution in [2.75, 3.05) is 0 Å². The average molecular weight is 198 g/mol. The highest BCUT2D eigenvalue weighted by atomic mass is 16.4. The normalized spacial score (nSPS) is 29.8. The van der Waals surface area contributed by atoms with Crippen LogP contribution in [0.1, 0.15) is 47.0 Å². The Balaban J connectivity index is 2.61. The first-order valence-corrected chi connectivity index (χ1v) is 5.40. The molecule has 3 heteroatoms. The molecule has 1 aliphatic heterocycles. The van der Waals surface area contributed by atoms with Crippen LogP contribution in [0.5, 0.6) is 0 Å². The van der Waals surface area contributed by atoms with E-state index in [0.29, 0.717) is 12.0 Å². The molecule has 2 N–H and O–H groups in total. The standard InChI is InChI=1S/C11H22N2O/c1-8(2)5-9-6-10(13-14)7-11(3,4)12-9/h8-9,12,14H,5-7H2,1-4H3/b13-10+. The minimum atomic E-state index is 0.0688. The van der Waals surface area contributed by atoms with Crippen molar-refractivity contribution in [2.45, 2.75) is 58.5 Å². The van der Waals surface area contributed by atoms with Crippen LogP contribution in [0.3, 0.4) is 0 Å². The lowest BCUT2D eigenvalue weighted by molar-refractivity contribution is 0.269. The maximum absolute atomic E-state index is 8.84. The van der Waals surface area contributed by atoms with Crippen molar-refractivity contribution in [2.24, 2.45) is 11.1 Å². The Bertz CT molecular complexity index is 221. The van der Waals surface area contributed by atoms with Crippen molar-refractivity contribution >= 4 is 5.71 Å². The quantitative estimate of drug-likeness (QED) is 0.528. The molecule has 0 saturated carbocycles. The lowest BCUT2D eigenvalue weighted by Gasteiger charge is -2.38. The van der Waals surface area contributed by atoms with Gasteiger partial charge >= 0.3 is 0 Å². The Morgan fingerprint density at radius 3 is 2.71 bits per heavy atom. The molecule has 1 heterocycles. The van der Waals surface area contributed by atoms with E-state index in [2.05, 4.69) is 38.2 Å². The first-order valence-electron chi connectivity index (χ1n) is 5.40. The minimum absolute atomic E-state index is 0.0688. The van der Waals surface area contributed by atoms with Gasteiger partial charge in [-0.2, -0.15) is 0 Å². The third-order valence-corrected chi connectivity index (χ3v) is 2.62. The smallest absolute Gasteiger partial charge is 0.0604 e. The molecule has 0 amide bonds. The van der Waals surface area contributed by atoms with E-state index in [1.165, 1.54) is 0 Å². The van der Waals surface area contributed by atoms with Gasteiger partial charge in [-0.15, -0.1) is 0 Å². The highest BCUT2D eigenvalue weighted by Crippen LogP contribution is 2.23. The summed E-state index contributed by atoms with van der Waals surface area (Å²) in [5.74, 6) is 0.682. The molecule has 0 bridgehead atoms. The molecule has 0 aromatic carbocycles. The lowest BCUT2D eigenvalue weighted by atomic mass is 9.85. The van der Waals surface area contributed by atoms with Crippen LogP contribution in [0.15, 0.2) is 5.16 Å². The number of nitrogens with zero attached hydrogens (tertiary/aromatic N) is 1. The Kier molecular flexibility index (Phi) is 3.53. The number of piperidine rings is 1. The van der Waals surface area contributed by atoms with Gasteiger partial charge in [0.25, 0.3) is 0 Å². The van der Waals surface area contributed by atoms with Crippen LogP contribution >= 0.6 is 0 Å². The van der Waals surface area contributed by atoms with E-state index in [0.717, 1.165) is 25.0 Å². The number of rotatable bonds is 2. The van der Waals surface area contributed by atoms with Gasteiger partial charge in [0.15, 0.2) is 0 Å². The van der Waals surface area contributed by atoms with Crippen LogP contribution in [-0.2, 0) is 0 Å². The SMILES string of the molecule is CC(C)CC1C/C(=N\O)CC(C)(C)N1. The molecule has 1 atom stereocenters. The van der Waals surface area contributed by atoms with Crippen LogP contribution < -0.4 is 5.32 Å². The molecular formula is C11H22N2O. The third-order valence-electron chi connectivity index (χ3n) is 2.62. The monoisotopic (exact) mass is 198 g/mol. The molecule has 0 spiro atoms. The molecular weight excluding hydrogens is 176 g/mol. The van der Waals surface area contributed by atoms with E-state index in [9.17, 15) is 0 Å². The van der Waals surface area contributed by atoms with Crippen LogP contribution in [0.4, 0.5) is 0 Å². The summed E-state index contributed by atoms with van der Waals surface area (Å²) in [6.07, 6.45) is 2.87. The highest BCUT2D eigenvalue weighted by Gasteiger charge is 2.31. The molecule has 0 aromatic heterocycles. The van der Waals surface area contributed by atoms with E-state index >= 15 is 0 Å². The fourth-order valence-electron chi connectivity index (χ4n) is 2.31. The molecule has 82 valence electrons. The summed E-state index contributed by atoms with van der Waals surface area (Å²) in [7, 11) is 0. The largest absolute Gasteiger partial charge is 0.411 e. The maximum Gasteiger partial charge on any atom is 0.0604 e. The minimum Gasteiger partial charge on any atom is -0.411 e. The molecule has 1 fully saturated rings. The molecule has 0 radical (unpaired) electrons. The van der Waals surface area contributed by atoms with Crippen molar-refractivity contribution in [3.05, 3.63) is 0 Å². The second-order valence-corrected chi connectivity index (χ2v) is 5.40. The van der Waals surface area contributed by atoms with E-state index in [4.69, 9.17) is 5.21 Å². The van der Waals surface area contributed by atoms with Gasteiger partial charge in [0, 0.05) is 24.4 Å². The number of nitrogens with one attached hydrogen (secondary N) is 1. The zero-order valence-electron chi connectivity index (χ0n) is 9.67. The van der Waals surface area contributed by atoms with E-state index in [-0.39, 0.29) is 5.54 Å². The zero-order valence-corrected chi connectivity index (χ0v) is 9.67. The Morgan fingerprint density at radius 2 is 2.21 bits per heavy atom. The number of hydrogen-bond acceptors (Lipinski definition) is 3. The Hall–Kier alpha value is -0.570. The summed E-state index contributed by atoms with van der Waals surface area (Å²) in [6, 6.07) is 0.463. The van der Waals surface area contributed by atoms with E-state index < -0.39 is 0 Å². The van der Waals surface area contributed by atoms with Crippen molar-refractivity contribution in [3.63, 3.8) is 0 Å². The molecule has 14 heavy (non-hydrogen) atoms. The molecule has 0 aromatic rings. The first-order chi connectivity index (χ1) is 6.43. The topological polar surface area (TPSA) is 44.6 Å². The molecule has 1 saturated heterocycles. The van der Waals surface area contributed by atoms with Gasteiger partial charge in [-0.25, -0.2) is 0 Å². The summed E-state index contributed by atoms with van der Waals surface area (Å²) in [6.45, 7) is 8.76. The predicted molar refractivity (Wildman–Crippen MR) is 58.9 cm³/mol. The van der Waals surface area contributed by atoms with Gasteiger partial charge in [0.2, 0.25) is 0 Å². The summed E-state index contributed by atoms with van der Waals surface area (Å²) in [4.78, 5) is 0. The van der Waals surface area contributed by atoms with Crippen molar-refractivity contribution < 1.29 is 5.21 Å². The van der Waals surface area contributed by atoms with Gasteiger partial charge in [0.1, 0.15) is 0 Å². The zero-order chi connectivity index (χ0) is 10.8. The fourth-order valence-corrected chi connectivity index (χ4v) is 2.31. The molecule has 0 aliphatic carbocycles. The summed E-state index contributed by atoms with van der Waals surface area (Å²) in [5.41, 5.74) is 0.999. The van der Waals surface area contributed by atoms with Gasteiger partial charge in [-0.1, -0.05) is 19.0 Å². The first kappa shape index (κ1) is 11.5. The van der Waals surface area contributed by atoms with Gasteiger partial charge in [-0.3, -0.25) is 0 Å². The van der Waals surface area contributed by atoms with Gasteiger partial charge in [0.05, 0.1) is 5.71 Å². The van der Waals surface area contributed by atoms with E-state index in [1.807, 2.05) is 0 Å². The molecule has 3 nitrogen and oxygen atoms in total. The second kappa shape index (κ2) is 4.30. The van der Waals surface area contributed by atoms with Crippen molar-refractivity contribution in [1.29, 1.82) is 0 Å². The molecule has 1 rings (SSSR count). The number of hydrogen-bond donors (Lipinski definition) is 2. The van der Waals surface area contributed by atoms with Crippen LogP contribution in [-0.4, -0.2) is 22.5 Å². The number of oxime groups is 1. The van der Waals surface area contributed by atoms with Crippen LogP contribution in [0.25, 0.3) is 0 Å². The van der Waals surface area contributed by atoms with E-state index in [1.54, 1.807) is 0 Å². The fraction of sp³-hybridized carbons (Fsp3) is 0.909. The van der Waals surface area contributed by atoms with Crippen molar-refractivity contribution in [3.8, 4) is 0 Å². The highest BCUT2D eigenvalue weighted by molar-refractivity contribution is 5.86. The van der Waals surface area contributed by atoms with Gasteiger partial charge in [-0.05, 0) is 26.2 Å². The Labute approximate surface area is 86.6 Å². The predicted octanol–water partition coefficient (Wildman–Crippen LogP) is 2.39. The van der Waals surface area contributed by atoms with Crippen LogP contribution in [0, 0.1) is 5.92 Å². The van der Waals surface area contributed by atoms with Crippen molar-refractivity contribution in [1.82, 2.24) is 5.32 Å². The summed E-state index contributed by atoms with van der Waals surface area (Å²) < 4.78 is 0. The molecule has 1 aliphatic rings. The third kappa shape index (κ3) is 3.29. The lowest BCUT2D eigenvalue weighted by Crippen LogP contribution is -2.52. The molecule has 1 unspecified atom stereocenters. The average Bonchev–Trinajstić information content (AvgIpc) is 1.99. The summed E-state index contributed by atoms with van der Waals surface area (Å²) in [5, 5.41) is 15.8. The van der Waals surface area contributed by atoms with Gasteiger partial charge < -0.3 is 10.5 Å². The Morgan fingerprint density at radius 1 is 1.57 bits per heavy atom. The maximum atomic E-state index is 8.84. The van der Waals surface area contributed by atoms with Crippen LogP contribution in [0.2, 0.25) is 0 Å².